The first-order valence-electron chi connectivity index (χ1n) is 9.17. The van der Waals surface area contributed by atoms with E-state index in [1.807, 2.05) is 12.1 Å². The molecule has 1 N–H and O–H groups in total. The molecule has 0 radical (unpaired) electrons. The van der Waals surface area contributed by atoms with Gasteiger partial charge < -0.3 is 19.5 Å². The summed E-state index contributed by atoms with van der Waals surface area (Å²) >= 11 is 0. The van der Waals surface area contributed by atoms with E-state index in [2.05, 4.69) is 11.9 Å². The van der Waals surface area contributed by atoms with Gasteiger partial charge in [0.2, 0.25) is 0 Å². The second-order valence-electron chi connectivity index (χ2n) is 6.49. The van der Waals surface area contributed by atoms with E-state index in [-0.39, 0.29) is 24.3 Å². The summed E-state index contributed by atoms with van der Waals surface area (Å²) in [5, 5.41) is 12.4. The number of methoxy groups -OCH3 is 1. The van der Waals surface area contributed by atoms with Crippen LogP contribution in [0.25, 0.3) is 5.57 Å². The highest BCUT2D eigenvalue weighted by atomic mass is 16.5. The fourth-order valence-electron chi connectivity index (χ4n) is 2.96. The summed E-state index contributed by atoms with van der Waals surface area (Å²) in [6.07, 6.45) is 0. The molecule has 1 amide bonds. The van der Waals surface area contributed by atoms with Gasteiger partial charge in [-0.05, 0) is 25.1 Å². The number of nitrogens with one attached hydrogen (secondary N) is 1. The van der Waals surface area contributed by atoms with Crippen LogP contribution in [0.1, 0.15) is 18.1 Å². The summed E-state index contributed by atoms with van der Waals surface area (Å²) in [5.41, 5.74) is 1.91. The third kappa shape index (κ3) is 4.18. The number of carbonyl (C=O) groups excluding carboxylic acids is 2. The topological polar surface area (TPSA) is 97.7 Å². The standard InChI is InChI=1S/C23H20N2O5/c1-14(2)23(27)29-11-10-25-22(26)18(13-24)21-16-6-4-5-7-19(16)30-20-12-15(28-3)8-9-17(20)21/h4-9,12H,1,10-11H2,2-3H3,(H,25,26). The van der Waals surface area contributed by atoms with Crippen LogP contribution in [0.15, 0.2) is 60.2 Å². The first-order valence-corrected chi connectivity index (χ1v) is 9.17. The van der Waals surface area contributed by atoms with Crippen molar-refractivity contribution in [3.63, 3.8) is 0 Å². The first kappa shape index (κ1) is 20.7. The maximum atomic E-state index is 12.8. The van der Waals surface area contributed by atoms with Crippen molar-refractivity contribution < 1.29 is 23.8 Å². The van der Waals surface area contributed by atoms with Crippen molar-refractivity contribution in [3.05, 3.63) is 71.3 Å². The van der Waals surface area contributed by atoms with Crippen LogP contribution in [0.2, 0.25) is 0 Å². The van der Waals surface area contributed by atoms with Gasteiger partial charge in [0.05, 0.1) is 13.7 Å². The lowest BCUT2D eigenvalue weighted by Gasteiger charge is -2.24. The van der Waals surface area contributed by atoms with Gasteiger partial charge in [-0.1, -0.05) is 24.8 Å². The molecule has 2 aromatic carbocycles. The molecule has 0 aromatic heterocycles. The van der Waals surface area contributed by atoms with Crippen molar-refractivity contribution in [2.45, 2.75) is 6.92 Å². The number of benzene rings is 2. The molecule has 0 atom stereocenters. The molecule has 152 valence electrons. The molecule has 0 spiro atoms. The van der Waals surface area contributed by atoms with Gasteiger partial charge in [0.1, 0.15) is 35.5 Å². The normalized spacial score (nSPS) is 13.0. The van der Waals surface area contributed by atoms with Crippen LogP contribution in [0.4, 0.5) is 0 Å². The summed E-state index contributed by atoms with van der Waals surface area (Å²) < 4.78 is 16.2. The zero-order valence-electron chi connectivity index (χ0n) is 16.7. The second-order valence-corrected chi connectivity index (χ2v) is 6.49. The molecule has 2 aromatic rings. The number of esters is 1. The van der Waals surface area contributed by atoms with E-state index in [0.717, 1.165) is 0 Å². The van der Waals surface area contributed by atoms with E-state index >= 15 is 0 Å². The number of nitrogens with zero attached hydrogens (tertiary/aromatic N) is 1. The molecule has 30 heavy (non-hydrogen) atoms. The molecular weight excluding hydrogens is 384 g/mol. The largest absolute Gasteiger partial charge is 0.497 e. The van der Waals surface area contributed by atoms with Gasteiger partial charge in [0, 0.05) is 28.3 Å². The minimum Gasteiger partial charge on any atom is -0.497 e. The van der Waals surface area contributed by atoms with Crippen LogP contribution in [0, 0.1) is 11.3 Å². The van der Waals surface area contributed by atoms with Crippen LogP contribution >= 0.6 is 0 Å². The van der Waals surface area contributed by atoms with E-state index in [9.17, 15) is 14.9 Å². The number of hydrogen-bond acceptors (Lipinski definition) is 6. The molecule has 0 bridgehead atoms. The molecule has 1 aliphatic rings. The Hall–Kier alpha value is -4.05. The summed E-state index contributed by atoms with van der Waals surface area (Å²) in [4.78, 5) is 24.2. The predicted octanol–water partition coefficient (Wildman–Crippen LogP) is 3.36. The number of hydrogen-bond donors (Lipinski definition) is 1. The van der Waals surface area contributed by atoms with Crippen molar-refractivity contribution in [1.82, 2.24) is 5.32 Å². The number of fused-ring (bicyclic) bond motifs is 2. The maximum Gasteiger partial charge on any atom is 0.333 e. The van der Waals surface area contributed by atoms with Gasteiger partial charge in [-0.25, -0.2) is 4.79 Å². The Bertz CT molecular complexity index is 1100. The molecule has 3 rings (SSSR count). The lowest BCUT2D eigenvalue weighted by molar-refractivity contribution is -0.139. The Morgan fingerprint density at radius 1 is 1.17 bits per heavy atom. The molecule has 0 saturated heterocycles. The van der Waals surface area contributed by atoms with Crippen LogP contribution in [-0.2, 0) is 14.3 Å². The lowest BCUT2D eigenvalue weighted by atomic mass is 9.89. The highest BCUT2D eigenvalue weighted by molar-refractivity contribution is 6.09. The monoisotopic (exact) mass is 404 g/mol. The van der Waals surface area contributed by atoms with Crippen molar-refractivity contribution in [1.29, 1.82) is 5.26 Å². The summed E-state index contributed by atoms with van der Waals surface area (Å²) in [5.74, 6) is 0.500. The molecule has 7 nitrogen and oxygen atoms in total. The van der Waals surface area contributed by atoms with E-state index in [0.29, 0.717) is 33.9 Å². The molecule has 0 unspecified atom stereocenters. The van der Waals surface area contributed by atoms with Crippen molar-refractivity contribution in [3.8, 4) is 23.3 Å². The van der Waals surface area contributed by atoms with Gasteiger partial charge in [-0.3, -0.25) is 4.79 Å². The van der Waals surface area contributed by atoms with E-state index in [4.69, 9.17) is 14.2 Å². The molecule has 1 heterocycles. The number of para-hydroxylation sites is 1. The molecular formula is C23H20N2O5. The van der Waals surface area contributed by atoms with Gasteiger partial charge >= 0.3 is 5.97 Å². The van der Waals surface area contributed by atoms with Crippen LogP contribution in [0.3, 0.4) is 0 Å². The maximum absolute atomic E-state index is 12.8. The zero-order valence-corrected chi connectivity index (χ0v) is 16.7. The molecule has 0 saturated carbocycles. The smallest absolute Gasteiger partial charge is 0.333 e. The quantitative estimate of drug-likeness (QED) is 0.293. The third-order valence-electron chi connectivity index (χ3n) is 4.39. The summed E-state index contributed by atoms with van der Waals surface area (Å²) in [6, 6.07) is 14.4. The summed E-state index contributed by atoms with van der Waals surface area (Å²) in [6.45, 7) is 5.06. The number of ether oxygens (including phenoxy) is 3. The average Bonchev–Trinajstić information content (AvgIpc) is 2.75. The van der Waals surface area contributed by atoms with E-state index in [1.165, 1.54) is 6.92 Å². The first-order chi connectivity index (χ1) is 14.5. The van der Waals surface area contributed by atoms with Crippen molar-refractivity contribution in [2.24, 2.45) is 0 Å². The number of nitriles is 1. The highest BCUT2D eigenvalue weighted by Gasteiger charge is 2.28. The third-order valence-corrected chi connectivity index (χ3v) is 4.39. The van der Waals surface area contributed by atoms with Gasteiger partial charge in [-0.15, -0.1) is 0 Å². The predicted molar refractivity (Wildman–Crippen MR) is 110 cm³/mol. The van der Waals surface area contributed by atoms with Gasteiger partial charge in [-0.2, -0.15) is 5.26 Å². The van der Waals surface area contributed by atoms with Gasteiger partial charge in [0.15, 0.2) is 0 Å². The Labute approximate surface area is 174 Å². The molecule has 0 fully saturated rings. The Morgan fingerprint density at radius 3 is 2.60 bits per heavy atom. The second kappa shape index (κ2) is 8.97. The zero-order chi connectivity index (χ0) is 21.7. The number of amides is 1. The Balaban J connectivity index is 1.94. The highest BCUT2D eigenvalue weighted by Crippen LogP contribution is 2.45. The van der Waals surface area contributed by atoms with Crippen molar-refractivity contribution >= 4 is 17.4 Å². The SMILES string of the molecule is C=C(C)C(=O)OCCNC(=O)C(C#N)=C1c2ccccc2Oc2cc(OC)ccc21. The van der Waals surface area contributed by atoms with E-state index in [1.54, 1.807) is 43.5 Å². The molecule has 0 aliphatic carbocycles. The molecule has 1 aliphatic heterocycles. The van der Waals surface area contributed by atoms with Crippen molar-refractivity contribution in [2.75, 3.05) is 20.3 Å². The minimum atomic E-state index is -0.572. The average molecular weight is 404 g/mol. The van der Waals surface area contributed by atoms with Crippen LogP contribution < -0.4 is 14.8 Å². The Kier molecular flexibility index (Phi) is 6.18. The van der Waals surface area contributed by atoms with E-state index < -0.39 is 11.9 Å². The Morgan fingerprint density at radius 2 is 1.90 bits per heavy atom. The number of carbonyl (C=O) groups is 2. The fraction of sp³-hybridized carbons (Fsp3) is 0.174. The lowest BCUT2D eigenvalue weighted by Crippen LogP contribution is -2.30. The number of rotatable bonds is 6. The molecule has 7 heteroatoms. The van der Waals surface area contributed by atoms with Crippen LogP contribution in [-0.4, -0.2) is 32.1 Å². The summed E-state index contributed by atoms with van der Waals surface area (Å²) in [7, 11) is 1.55. The van der Waals surface area contributed by atoms with Crippen LogP contribution in [0.5, 0.6) is 17.2 Å². The van der Waals surface area contributed by atoms with Gasteiger partial charge in [0.25, 0.3) is 5.91 Å². The fourth-order valence-corrected chi connectivity index (χ4v) is 2.96. The minimum absolute atomic E-state index is 0.0288.